The van der Waals surface area contributed by atoms with Crippen LogP contribution in [0.25, 0.3) is 11.1 Å². The first-order valence-electron chi connectivity index (χ1n) is 11.8. The Morgan fingerprint density at radius 2 is 1.81 bits per heavy atom. The number of nitrogens with two attached hydrogens (primary N) is 1. The van der Waals surface area contributed by atoms with Gasteiger partial charge in [-0.05, 0) is 60.4 Å². The van der Waals surface area contributed by atoms with Gasteiger partial charge in [-0.3, -0.25) is 15.3 Å². The molecule has 0 fully saturated rings. The van der Waals surface area contributed by atoms with E-state index in [0.29, 0.717) is 34.6 Å². The van der Waals surface area contributed by atoms with Gasteiger partial charge in [0.2, 0.25) is 5.91 Å². The first-order chi connectivity index (χ1) is 17.4. The van der Waals surface area contributed by atoms with E-state index in [4.69, 9.17) is 5.73 Å². The predicted octanol–water partition coefficient (Wildman–Crippen LogP) is 4.26. The minimum atomic E-state index is -0.190. The molecule has 7 heteroatoms. The van der Waals surface area contributed by atoms with Crippen LogP contribution in [0.5, 0.6) is 0 Å². The van der Waals surface area contributed by atoms with Crippen molar-refractivity contribution in [2.75, 3.05) is 22.5 Å². The molecule has 0 aliphatic carbocycles. The summed E-state index contributed by atoms with van der Waals surface area (Å²) in [5, 5.41) is 15.2. The van der Waals surface area contributed by atoms with Crippen molar-refractivity contribution in [2.24, 2.45) is 0 Å². The van der Waals surface area contributed by atoms with E-state index >= 15 is 0 Å². The minimum absolute atomic E-state index is 0.0396. The molecule has 0 spiro atoms. The Morgan fingerprint density at radius 1 is 1.00 bits per heavy atom. The molecule has 1 aliphatic heterocycles. The van der Waals surface area contributed by atoms with Crippen molar-refractivity contribution in [1.82, 2.24) is 0 Å². The van der Waals surface area contributed by atoms with E-state index in [2.05, 4.69) is 5.32 Å². The first kappa shape index (κ1) is 23.1. The molecule has 4 aromatic rings. The largest absolute Gasteiger partial charge is 0.710 e. The maximum atomic E-state index is 13.3. The number of fused-ring (bicyclic) bond motifs is 1. The zero-order valence-corrected chi connectivity index (χ0v) is 19.9. The van der Waals surface area contributed by atoms with E-state index in [1.165, 1.54) is 6.07 Å². The number of rotatable bonds is 5. The van der Waals surface area contributed by atoms with E-state index in [0.717, 1.165) is 27.9 Å². The highest BCUT2D eigenvalue weighted by atomic mass is 16.5. The van der Waals surface area contributed by atoms with Crippen LogP contribution in [0.3, 0.4) is 0 Å². The molecule has 0 atom stereocenters. The fourth-order valence-corrected chi connectivity index (χ4v) is 4.59. The van der Waals surface area contributed by atoms with Crippen molar-refractivity contribution in [1.29, 1.82) is 0 Å². The molecular weight excluding hydrogens is 452 g/mol. The quantitative estimate of drug-likeness (QED) is 0.330. The minimum Gasteiger partial charge on any atom is -0.710 e. The highest BCUT2D eigenvalue weighted by Crippen LogP contribution is 2.32. The number of pyridine rings is 1. The monoisotopic (exact) mass is 478 g/mol. The summed E-state index contributed by atoms with van der Waals surface area (Å²) in [6.45, 7) is 2.48. The number of hydrogen-bond acceptors (Lipinski definition) is 4. The fourth-order valence-electron chi connectivity index (χ4n) is 4.59. The van der Waals surface area contributed by atoms with Crippen LogP contribution in [-0.4, -0.2) is 18.4 Å². The highest BCUT2D eigenvalue weighted by molar-refractivity contribution is 6.09. The number of amides is 2. The van der Waals surface area contributed by atoms with Crippen LogP contribution in [0, 0.1) is 12.1 Å². The molecule has 1 aromatic heterocycles. The summed E-state index contributed by atoms with van der Waals surface area (Å²) >= 11 is 0. The third-order valence-corrected chi connectivity index (χ3v) is 6.42. The Balaban J connectivity index is 1.35. The average molecular weight is 479 g/mol. The highest BCUT2D eigenvalue weighted by Gasteiger charge is 2.26. The molecule has 36 heavy (non-hydrogen) atoms. The molecule has 0 saturated heterocycles. The van der Waals surface area contributed by atoms with Gasteiger partial charge in [-0.2, -0.15) is 0 Å². The first-order valence-corrected chi connectivity index (χ1v) is 11.8. The number of nitrogens with zero attached hydrogens (tertiary/aromatic N) is 2. The lowest BCUT2D eigenvalue weighted by molar-refractivity contribution is -0.597. The normalized spacial score (nSPS) is 12.3. The van der Waals surface area contributed by atoms with Gasteiger partial charge >= 0.3 is 0 Å². The Hall–Kier alpha value is -4.65. The molecule has 0 bridgehead atoms. The zero-order valence-electron chi connectivity index (χ0n) is 19.9. The van der Waals surface area contributed by atoms with E-state index in [1.807, 2.05) is 67.6 Å². The summed E-state index contributed by atoms with van der Waals surface area (Å²) in [5.41, 5.74) is 11.9. The standard InChI is InChI=1S/C29H26N4O3/c1-19-10-12-24(20-6-3-2-4-7-20)25(16-19)29(35)31-22-11-13-26-21(17-22)14-15-32(26)28(34)18-23-8-5-9-27(30)33(23)36/h2-13,16-17H,14-15,18,30H2,1H3,(H,31,35). The van der Waals surface area contributed by atoms with Gasteiger partial charge in [0.25, 0.3) is 11.7 Å². The molecule has 0 saturated carbocycles. The molecule has 2 heterocycles. The number of aryl methyl sites for hydroxylation is 1. The van der Waals surface area contributed by atoms with Crippen molar-refractivity contribution >= 4 is 29.0 Å². The van der Waals surface area contributed by atoms with Gasteiger partial charge in [0.1, 0.15) is 5.69 Å². The molecule has 3 aromatic carbocycles. The number of carbonyl (C=O) groups is 2. The molecule has 0 radical (unpaired) electrons. The second-order valence-corrected chi connectivity index (χ2v) is 8.92. The number of hydrogen-bond donors (Lipinski definition) is 2. The van der Waals surface area contributed by atoms with Crippen LogP contribution in [-0.2, 0) is 17.6 Å². The molecule has 0 unspecified atom stereocenters. The third-order valence-electron chi connectivity index (χ3n) is 6.42. The number of aromatic nitrogens is 1. The number of carbonyl (C=O) groups excluding carboxylic acids is 2. The second kappa shape index (κ2) is 9.54. The molecule has 180 valence electrons. The van der Waals surface area contributed by atoms with Gasteiger partial charge in [-0.15, -0.1) is 0 Å². The number of nitrogens with one attached hydrogen (secondary N) is 1. The fraction of sp³-hybridized carbons (Fsp3) is 0.138. The van der Waals surface area contributed by atoms with E-state index < -0.39 is 0 Å². The average Bonchev–Trinajstić information content (AvgIpc) is 3.31. The summed E-state index contributed by atoms with van der Waals surface area (Å²) < 4.78 is 0.586. The van der Waals surface area contributed by atoms with Crippen molar-refractivity contribution in [3.05, 3.63) is 113 Å². The van der Waals surface area contributed by atoms with Crippen molar-refractivity contribution in [3.63, 3.8) is 0 Å². The second-order valence-electron chi connectivity index (χ2n) is 8.92. The van der Waals surface area contributed by atoms with Gasteiger partial charge in [-0.25, -0.2) is 4.73 Å². The Bertz CT molecular complexity index is 1470. The Morgan fingerprint density at radius 3 is 2.61 bits per heavy atom. The summed E-state index contributed by atoms with van der Waals surface area (Å²) in [4.78, 5) is 27.9. The summed E-state index contributed by atoms with van der Waals surface area (Å²) in [7, 11) is 0. The SMILES string of the molecule is Cc1ccc(-c2ccccc2)c(C(=O)Nc2ccc3c(c2)CCN3C(=O)Cc2cccc(N)[n+]2[O-])c1. The lowest BCUT2D eigenvalue weighted by Gasteiger charge is -2.19. The maximum absolute atomic E-state index is 13.3. The predicted molar refractivity (Wildman–Crippen MR) is 141 cm³/mol. The third kappa shape index (κ3) is 4.51. The lowest BCUT2D eigenvalue weighted by atomic mass is 9.97. The number of anilines is 3. The molecular formula is C29H26N4O3. The van der Waals surface area contributed by atoms with Crippen LogP contribution < -0.4 is 20.7 Å². The van der Waals surface area contributed by atoms with Crippen molar-refractivity contribution in [3.8, 4) is 11.1 Å². The van der Waals surface area contributed by atoms with Crippen molar-refractivity contribution in [2.45, 2.75) is 19.8 Å². The van der Waals surface area contributed by atoms with Gasteiger partial charge in [-0.1, -0.05) is 54.1 Å². The van der Waals surface area contributed by atoms with Gasteiger partial charge < -0.3 is 15.4 Å². The van der Waals surface area contributed by atoms with Crippen LogP contribution >= 0.6 is 0 Å². The van der Waals surface area contributed by atoms with E-state index in [9.17, 15) is 14.8 Å². The number of benzene rings is 3. The molecule has 1 aliphatic rings. The van der Waals surface area contributed by atoms with Crippen LogP contribution in [0.1, 0.15) is 27.2 Å². The molecule has 7 nitrogen and oxygen atoms in total. The zero-order chi connectivity index (χ0) is 25.2. The summed E-state index contributed by atoms with van der Waals surface area (Å²) in [5.74, 6) is -0.301. The van der Waals surface area contributed by atoms with Gasteiger partial charge in [0, 0.05) is 29.5 Å². The smallest absolute Gasteiger partial charge is 0.275 e. The maximum Gasteiger partial charge on any atom is 0.275 e. The van der Waals surface area contributed by atoms with Crippen LogP contribution in [0.15, 0.2) is 84.9 Å². The Kier molecular flexibility index (Phi) is 6.12. The van der Waals surface area contributed by atoms with Gasteiger partial charge in [0.15, 0.2) is 0 Å². The molecule has 5 rings (SSSR count). The summed E-state index contributed by atoms with van der Waals surface area (Å²) in [6, 6.07) is 26.0. The van der Waals surface area contributed by atoms with Crippen LogP contribution in [0.2, 0.25) is 0 Å². The topological polar surface area (TPSA) is 102 Å². The molecule has 2 amide bonds. The Labute approximate surface area is 209 Å². The van der Waals surface area contributed by atoms with E-state index in [-0.39, 0.29) is 24.1 Å². The number of nitrogen functional groups attached to an aromatic ring is 1. The molecule has 3 N–H and O–H groups in total. The van der Waals surface area contributed by atoms with Crippen LogP contribution in [0.4, 0.5) is 17.2 Å². The van der Waals surface area contributed by atoms with Gasteiger partial charge in [0.05, 0.1) is 6.42 Å². The summed E-state index contributed by atoms with van der Waals surface area (Å²) in [6.07, 6.45) is 0.626. The van der Waals surface area contributed by atoms with Crippen molar-refractivity contribution < 1.29 is 14.3 Å². The van der Waals surface area contributed by atoms with E-state index in [1.54, 1.807) is 23.1 Å². The lowest BCUT2D eigenvalue weighted by Crippen LogP contribution is -2.39.